The normalized spacial score (nSPS) is 10.4. The number of hydrogen-bond acceptors (Lipinski definition) is 13. The molecule has 0 aliphatic carbocycles. The number of benzene rings is 7. The molecule has 0 radical (unpaired) electrons. The van der Waals surface area contributed by atoms with Crippen molar-refractivity contribution in [2.24, 2.45) is 0 Å². The lowest BCUT2D eigenvalue weighted by molar-refractivity contribution is 0.0671. The van der Waals surface area contributed by atoms with E-state index in [2.05, 4.69) is 0 Å². The highest BCUT2D eigenvalue weighted by molar-refractivity contribution is 6.09. The maximum absolute atomic E-state index is 13.7. The van der Waals surface area contributed by atoms with Crippen LogP contribution in [-0.2, 0) is 0 Å². The Bertz CT molecular complexity index is 2570. The van der Waals surface area contributed by atoms with Crippen molar-refractivity contribution in [3.8, 4) is 40.2 Å². The summed E-state index contributed by atoms with van der Waals surface area (Å²) in [5.74, 6) is -7.82. The van der Waals surface area contributed by atoms with Crippen LogP contribution in [-0.4, -0.2) is 40.9 Å². The van der Waals surface area contributed by atoms with Gasteiger partial charge in [-0.25, -0.2) is 28.8 Å². The van der Waals surface area contributed by atoms with Gasteiger partial charge in [-0.05, 0) is 84.9 Å². The molecule has 0 amide bonds. The largest absolute Gasteiger partial charge is 0.506 e. The molecule has 0 heterocycles. The third kappa shape index (κ3) is 9.66. The Morgan fingerprint density at radius 3 is 0.869 bits per heavy atom. The van der Waals surface area contributed by atoms with E-state index >= 15 is 0 Å². The van der Waals surface area contributed by atoms with Gasteiger partial charge < -0.3 is 33.5 Å². The molecule has 0 spiro atoms. The summed E-state index contributed by atoms with van der Waals surface area (Å²) in [5, 5.41) is 11.3. The highest BCUT2D eigenvalue weighted by Crippen LogP contribution is 2.32. The zero-order chi connectivity index (χ0) is 42.7. The average Bonchev–Trinajstić information content (AvgIpc) is 3.27. The minimum absolute atomic E-state index is 0.120. The molecule has 0 aromatic heterocycles. The quantitative estimate of drug-likeness (QED) is 0.0916. The number of esters is 6. The number of carbonyl (C=O) groups excluding carboxylic acids is 6. The van der Waals surface area contributed by atoms with Gasteiger partial charge in [0.1, 0.15) is 62.5 Å². The fourth-order valence-corrected chi connectivity index (χ4v) is 5.77. The number of carbonyl (C=O) groups is 6. The van der Waals surface area contributed by atoms with Crippen LogP contribution in [0.2, 0.25) is 0 Å². The molecule has 300 valence electrons. The van der Waals surface area contributed by atoms with Crippen molar-refractivity contribution in [3.05, 3.63) is 209 Å². The van der Waals surface area contributed by atoms with Gasteiger partial charge in [0, 0.05) is 0 Å². The Morgan fingerprint density at radius 2 is 0.541 bits per heavy atom. The summed E-state index contributed by atoms with van der Waals surface area (Å²) in [5.41, 5.74) is -2.69. The van der Waals surface area contributed by atoms with Crippen molar-refractivity contribution < 1.29 is 62.3 Å². The zero-order valence-corrected chi connectivity index (χ0v) is 31.6. The first kappa shape index (κ1) is 40.4. The molecule has 0 saturated carbocycles. The first-order chi connectivity index (χ1) is 29.7. The molecule has 0 aliphatic heterocycles. The van der Waals surface area contributed by atoms with E-state index in [9.17, 15) is 33.9 Å². The third-order valence-electron chi connectivity index (χ3n) is 8.60. The Hall–Kier alpha value is -8.84. The van der Waals surface area contributed by atoms with Crippen LogP contribution in [0.4, 0.5) is 0 Å². The van der Waals surface area contributed by atoms with Crippen LogP contribution in [0.5, 0.6) is 40.2 Å². The van der Waals surface area contributed by atoms with E-state index in [1.54, 1.807) is 72.8 Å². The molecule has 0 unspecified atom stereocenters. The molecule has 0 saturated heterocycles. The van der Waals surface area contributed by atoms with Gasteiger partial charge in [-0.3, -0.25) is 0 Å². The van der Waals surface area contributed by atoms with Gasteiger partial charge >= 0.3 is 35.8 Å². The first-order valence-electron chi connectivity index (χ1n) is 18.3. The first-order valence-corrected chi connectivity index (χ1v) is 18.3. The van der Waals surface area contributed by atoms with Crippen molar-refractivity contribution in [2.75, 3.05) is 0 Å². The number of para-hydroxylation sites is 5. The highest BCUT2D eigenvalue weighted by atomic mass is 16.6. The molecular weight excluding hydrogens is 785 g/mol. The highest BCUT2D eigenvalue weighted by Gasteiger charge is 2.30. The summed E-state index contributed by atoms with van der Waals surface area (Å²) in [6.07, 6.45) is 0. The van der Waals surface area contributed by atoms with Crippen LogP contribution in [0.1, 0.15) is 62.1 Å². The van der Waals surface area contributed by atoms with Crippen molar-refractivity contribution >= 4 is 35.8 Å². The molecule has 1 N–H and O–H groups in total. The van der Waals surface area contributed by atoms with Crippen LogP contribution >= 0.6 is 0 Å². The van der Waals surface area contributed by atoms with Crippen molar-refractivity contribution in [1.29, 1.82) is 0 Å². The number of ether oxygens (including phenoxy) is 6. The Morgan fingerprint density at radius 1 is 0.279 bits per heavy atom. The molecule has 7 aromatic rings. The minimum atomic E-state index is -1.26. The lowest BCUT2D eigenvalue weighted by Crippen LogP contribution is -2.21. The topological polar surface area (TPSA) is 178 Å². The van der Waals surface area contributed by atoms with E-state index in [-0.39, 0.29) is 34.1 Å². The fraction of sp³-hybridized carbons (Fsp3) is 0. The van der Waals surface area contributed by atoms with E-state index in [0.29, 0.717) is 0 Å². The van der Waals surface area contributed by atoms with Crippen LogP contribution in [0.3, 0.4) is 0 Å². The summed E-state index contributed by atoms with van der Waals surface area (Å²) in [4.78, 5) is 81.6. The summed E-state index contributed by atoms with van der Waals surface area (Å²) >= 11 is 0. The van der Waals surface area contributed by atoms with Crippen LogP contribution in [0, 0.1) is 0 Å². The Labute approximate surface area is 346 Å². The molecule has 0 atom stereocenters. The third-order valence-corrected chi connectivity index (χ3v) is 8.60. The van der Waals surface area contributed by atoms with E-state index in [4.69, 9.17) is 28.4 Å². The van der Waals surface area contributed by atoms with E-state index in [0.717, 1.165) is 12.1 Å². The van der Waals surface area contributed by atoms with Gasteiger partial charge in [0.05, 0.1) is 11.1 Å². The van der Waals surface area contributed by atoms with Gasteiger partial charge in [-0.15, -0.1) is 0 Å². The van der Waals surface area contributed by atoms with Gasteiger partial charge in [0.2, 0.25) is 0 Å². The average molecular weight is 815 g/mol. The summed E-state index contributed by atoms with van der Waals surface area (Å²) in [6, 6.07) is 43.1. The van der Waals surface area contributed by atoms with E-state index in [1.165, 1.54) is 91.0 Å². The zero-order valence-electron chi connectivity index (χ0n) is 31.6. The monoisotopic (exact) mass is 814 g/mol. The predicted molar refractivity (Wildman–Crippen MR) is 217 cm³/mol. The summed E-state index contributed by atoms with van der Waals surface area (Å²) in [7, 11) is 0. The number of rotatable bonds is 12. The summed E-state index contributed by atoms with van der Waals surface area (Å²) < 4.78 is 33.1. The van der Waals surface area contributed by atoms with Crippen molar-refractivity contribution in [1.82, 2.24) is 0 Å². The summed E-state index contributed by atoms with van der Waals surface area (Å²) in [6.45, 7) is 0. The van der Waals surface area contributed by atoms with Gasteiger partial charge in [-0.1, -0.05) is 91.0 Å². The Balaban J connectivity index is 1.18. The van der Waals surface area contributed by atoms with Gasteiger partial charge in [0.25, 0.3) is 0 Å². The van der Waals surface area contributed by atoms with Crippen LogP contribution in [0.25, 0.3) is 0 Å². The maximum Gasteiger partial charge on any atom is 0.348 e. The van der Waals surface area contributed by atoms with Crippen molar-refractivity contribution in [3.63, 3.8) is 0 Å². The lowest BCUT2D eigenvalue weighted by atomic mass is 10.1. The number of hydrogen-bond donors (Lipinski definition) is 1. The molecule has 61 heavy (non-hydrogen) atoms. The molecule has 0 bridgehead atoms. The standard InChI is InChI=1S/C48H30O13/c49-42-36(45(52)60-38-28-14-24-34(43(50)56-30-16-5-1-6-17-30)40(38)47(54)58-32-20-9-3-10-21-32)26-13-27-37(42)46(53)61-39-29-15-25-35(44(51)57-31-18-7-2-8-19-31)41(39)48(55)59-33-22-11-4-12-23-33/h1-29,49H. The fourth-order valence-electron chi connectivity index (χ4n) is 5.77. The smallest absolute Gasteiger partial charge is 0.348 e. The van der Waals surface area contributed by atoms with Gasteiger partial charge in [-0.2, -0.15) is 0 Å². The van der Waals surface area contributed by atoms with Crippen molar-refractivity contribution in [2.45, 2.75) is 0 Å². The van der Waals surface area contributed by atoms with Crippen LogP contribution < -0.4 is 28.4 Å². The SMILES string of the molecule is O=C(Oc1cccc(C(=O)Oc2ccccc2)c1C(=O)Oc1ccccc1)c1cccc(C(=O)Oc2cccc(C(=O)Oc3ccccc3)c2C(=O)Oc2ccccc2)c1O. The molecular formula is C48H30O13. The lowest BCUT2D eigenvalue weighted by Gasteiger charge is -2.15. The van der Waals surface area contributed by atoms with E-state index < -0.39 is 75.3 Å². The number of phenolic OH excluding ortho intramolecular Hbond substituents is 1. The van der Waals surface area contributed by atoms with Crippen LogP contribution in [0.15, 0.2) is 176 Å². The number of phenols is 1. The predicted octanol–water partition coefficient (Wildman–Crippen LogP) is 8.71. The van der Waals surface area contributed by atoms with Gasteiger partial charge in [0.15, 0.2) is 0 Å². The molecule has 0 aliphatic rings. The maximum atomic E-state index is 13.7. The minimum Gasteiger partial charge on any atom is -0.506 e. The molecule has 7 rings (SSSR count). The second-order valence-corrected chi connectivity index (χ2v) is 12.6. The molecule has 13 heteroatoms. The second kappa shape index (κ2) is 18.6. The second-order valence-electron chi connectivity index (χ2n) is 12.6. The molecule has 13 nitrogen and oxygen atoms in total. The molecule has 7 aromatic carbocycles. The molecule has 0 fully saturated rings. The number of aromatic hydroxyl groups is 1. The van der Waals surface area contributed by atoms with E-state index in [1.807, 2.05) is 0 Å². The Kier molecular flexibility index (Phi) is 12.3.